The standard InChI is InChI=1S/C10H17N3O2/c1-3-4-11-9-7-10(15-6-5-14)13-8(2)12-9/h7,14H,3-6H2,1-2H3,(H,11,12,13). The average molecular weight is 211 g/mol. The summed E-state index contributed by atoms with van der Waals surface area (Å²) in [5.41, 5.74) is 0. The lowest BCUT2D eigenvalue weighted by Gasteiger charge is -2.08. The fourth-order valence-electron chi connectivity index (χ4n) is 1.11. The molecule has 2 N–H and O–H groups in total. The number of hydrogen-bond acceptors (Lipinski definition) is 5. The summed E-state index contributed by atoms with van der Waals surface area (Å²) in [6.45, 7) is 5.01. The molecule has 0 aromatic carbocycles. The molecule has 1 aromatic rings. The van der Waals surface area contributed by atoms with Gasteiger partial charge in [0.15, 0.2) is 0 Å². The molecule has 0 aliphatic carbocycles. The molecule has 0 saturated heterocycles. The van der Waals surface area contributed by atoms with Crippen molar-refractivity contribution >= 4 is 5.82 Å². The molecule has 1 rings (SSSR count). The van der Waals surface area contributed by atoms with Gasteiger partial charge in [0, 0.05) is 12.6 Å². The Hall–Kier alpha value is -1.36. The minimum atomic E-state index is -0.0131. The van der Waals surface area contributed by atoms with E-state index in [4.69, 9.17) is 9.84 Å². The molecule has 0 aliphatic heterocycles. The summed E-state index contributed by atoms with van der Waals surface area (Å²) in [6.07, 6.45) is 1.04. The maximum absolute atomic E-state index is 8.62. The first kappa shape index (κ1) is 11.7. The molecular formula is C10H17N3O2. The highest BCUT2D eigenvalue weighted by Gasteiger charge is 2.01. The third kappa shape index (κ3) is 4.12. The Morgan fingerprint density at radius 2 is 2.27 bits per heavy atom. The van der Waals surface area contributed by atoms with E-state index in [1.807, 2.05) is 6.92 Å². The molecule has 0 radical (unpaired) electrons. The van der Waals surface area contributed by atoms with Crippen LogP contribution in [0, 0.1) is 6.92 Å². The van der Waals surface area contributed by atoms with Crippen LogP contribution in [0.15, 0.2) is 6.07 Å². The summed E-state index contributed by atoms with van der Waals surface area (Å²) >= 11 is 0. The SMILES string of the molecule is CCCNc1cc(OCCO)nc(C)n1. The number of nitrogens with one attached hydrogen (secondary N) is 1. The minimum absolute atomic E-state index is 0.0131. The molecule has 0 amide bonds. The number of hydrogen-bond donors (Lipinski definition) is 2. The lowest BCUT2D eigenvalue weighted by Crippen LogP contribution is -2.07. The second kappa shape index (κ2) is 6.19. The Labute approximate surface area is 89.5 Å². The number of anilines is 1. The summed E-state index contributed by atoms with van der Waals surface area (Å²) in [5.74, 6) is 1.91. The maximum atomic E-state index is 8.62. The quantitative estimate of drug-likeness (QED) is 0.734. The highest BCUT2D eigenvalue weighted by atomic mass is 16.5. The molecule has 0 spiro atoms. The summed E-state index contributed by atoms with van der Waals surface area (Å²) in [5, 5.41) is 11.8. The van der Waals surface area contributed by atoms with Crippen LogP contribution < -0.4 is 10.1 Å². The van der Waals surface area contributed by atoms with Crippen LogP contribution in [-0.2, 0) is 0 Å². The van der Waals surface area contributed by atoms with Gasteiger partial charge >= 0.3 is 0 Å². The van der Waals surface area contributed by atoms with E-state index in [-0.39, 0.29) is 13.2 Å². The summed E-state index contributed by atoms with van der Waals surface area (Å²) < 4.78 is 5.22. The predicted molar refractivity (Wildman–Crippen MR) is 58.1 cm³/mol. The number of nitrogens with zero attached hydrogens (tertiary/aromatic N) is 2. The number of ether oxygens (including phenoxy) is 1. The first-order valence-electron chi connectivity index (χ1n) is 5.09. The van der Waals surface area contributed by atoms with Crippen LogP contribution in [0.1, 0.15) is 19.2 Å². The van der Waals surface area contributed by atoms with Gasteiger partial charge in [0.2, 0.25) is 5.88 Å². The molecule has 1 aromatic heterocycles. The lowest BCUT2D eigenvalue weighted by atomic mass is 10.4. The van der Waals surface area contributed by atoms with Crippen molar-refractivity contribution in [3.8, 4) is 5.88 Å². The highest BCUT2D eigenvalue weighted by Crippen LogP contribution is 2.12. The fraction of sp³-hybridized carbons (Fsp3) is 0.600. The third-order valence-electron chi connectivity index (χ3n) is 1.71. The molecule has 15 heavy (non-hydrogen) atoms. The number of rotatable bonds is 6. The van der Waals surface area contributed by atoms with Crippen molar-refractivity contribution in [3.05, 3.63) is 11.9 Å². The van der Waals surface area contributed by atoms with Crippen molar-refractivity contribution < 1.29 is 9.84 Å². The molecule has 84 valence electrons. The topological polar surface area (TPSA) is 67.3 Å². The zero-order chi connectivity index (χ0) is 11.1. The van der Waals surface area contributed by atoms with Crippen molar-refractivity contribution in [2.24, 2.45) is 0 Å². The zero-order valence-corrected chi connectivity index (χ0v) is 9.16. The van der Waals surface area contributed by atoms with Gasteiger partial charge in [-0.05, 0) is 13.3 Å². The second-order valence-electron chi connectivity index (χ2n) is 3.14. The van der Waals surface area contributed by atoms with Gasteiger partial charge in [-0.3, -0.25) is 0 Å². The Morgan fingerprint density at radius 3 is 2.93 bits per heavy atom. The Bertz CT molecular complexity index is 278. The van der Waals surface area contributed by atoms with E-state index >= 15 is 0 Å². The van der Waals surface area contributed by atoms with E-state index in [9.17, 15) is 0 Å². The van der Waals surface area contributed by atoms with Gasteiger partial charge in [0.1, 0.15) is 18.2 Å². The summed E-state index contributed by atoms with van der Waals surface area (Å²) in [6, 6.07) is 1.73. The molecule has 5 nitrogen and oxygen atoms in total. The highest BCUT2D eigenvalue weighted by molar-refractivity contribution is 5.38. The number of aryl methyl sites for hydroxylation is 1. The van der Waals surface area contributed by atoms with Crippen LogP contribution in [0.4, 0.5) is 5.82 Å². The smallest absolute Gasteiger partial charge is 0.218 e. The summed E-state index contributed by atoms with van der Waals surface area (Å²) in [4.78, 5) is 8.31. The molecule has 0 bridgehead atoms. The largest absolute Gasteiger partial charge is 0.475 e. The van der Waals surface area contributed by atoms with E-state index in [0.717, 1.165) is 18.8 Å². The van der Waals surface area contributed by atoms with E-state index < -0.39 is 0 Å². The van der Waals surface area contributed by atoms with Gasteiger partial charge in [0.25, 0.3) is 0 Å². The third-order valence-corrected chi connectivity index (χ3v) is 1.71. The first-order chi connectivity index (χ1) is 7.26. The average Bonchev–Trinajstić information content (AvgIpc) is 2.23. The zero-order valence-electron chi connectivity index (χ0n) is 9.16. The molecule has 0 atom stereocenters. The number of aliphatic hydroxyl groups is 1. The van der Waals surface area contributed by atoms with Crippen LogP contribution in [-0.4, -0.2) is 34.8 Å². The predicted octanol–water partition coefficient (Wildman–Crippen LogP) is 0.978. The van der Waals surface area contributed by atoms with Crippen LogP contribution in [0.25, 0.3) is 0 Å². The Morgan fingerprint density at radius 1 is 1.47 bits per heavy atom. The minimum Gasteiger partial charge on any atom is -0.475 e. The molecule has 5 heteroatoms. The summed E-state index contributed by atoms with van der Waals surface area (Å²) in [7, 11) is 0. The second-order valence-corrected chi connectivity index (χ2v) is 3.14. The van der Waals surface area contributed by atoms with Crippen molar-refractivity contribution in [1.82, 2.24) is 9.97 Å². The van der Waals surface area contributed by atoms with Gasteiger partial charge in [-0.1, -0.05) is 6.92 Å². The van der Waals surface area contributed by atoms with Crippen molar-refractivity contribution in [3.63, 3.8) is 0 Å². The van der Waals surface area contributed by atoms with E-state index in [1.54, 1.807) is 6.07 Å². The van der Waals surface area contributed by atoms with Gasteiger partial charge < -0.3 is 15.2 Å². The van der Waals surface area contributed by atoms with Crippen molar-refractivity contribution in [1.29, 1.82) is 0 Å². The molecule has 1 heterocycles. The molecule has 0 aliphatic rings. The van der Waals surface area contributed by atoms with Gasteiger partial charge in [0.05, 0.1) is 6.61 Å². The Kier molecular flexibility index (Phi) is 4.83. The molecule has 0 fully saturated rings. The number of aliphatic hydroxyl groups excluding tert-OH is 1. The maximum Gasteiger partial charge on any atom is 0.218 e. The Balaban J connectivity index is 2.66. The van der Waals surface area contributed by atoms with Gasteiger partial charge in [-0.15, -0.1) is 0 Å². The van der Waals surface area contributed by atoms with E-state index in [2.05, 4.69) is 22.2 Å². The van der Waals surface area contributed by atoms with Gasteiger partial charge in [-0.2, -0.15) is 4.98 Å². The van der Waals surface area contributed by atoms with E-state index in [1.165, 1.54) is 0 Å². The van der Waals surface area contributed by atoms with Crippen molar-refractivity contribution in [2.75, 3.05) is 25.1 Å². The van der Waals surface area contributed by atoms with Crippen LogP contribution in [0.2, 0.25) is 0 Å². The number of aromatic nitrogens is 2. The van der Waals surface area contributed by atoms with Crippen molar-refractivity contribution in [2.45, 2.75) is 20.3 Å². The van der Waals surface area contributed by atoms with Crippen LogP contribution in [0.3, 0.4) is 0 Å². The fourth-order valence-corrected chi connectivity index (χ4v) is 1.11. The van der Waals surface area contributed by atoms with Crippen LogP contribution in [0.5, 0.6) is 5.88 Å². The molecule has 0 saturated carbocycles. The monoisotopic (exact) mass is 211 g/mol. The van der Waals surface area contributed by atoms with Gasteiger partial charge in [-0.25, -0.2) is 4.98 Å². The molecular weight excluding hydrogens is 194 g/mol. The molecule has 0 unspecified atom stereocenters. The van der Waals surface area contributed by atoms with E-state index in [0.29, 0.717) is 11.7 Å². The lowest BCUT2D eigenvalue weighted by molar-refractivity contribution is 0.196. The first-order valence-corrected chi connectivity index (χ1v) is 5.09. The van der Waals surface area contributed by atoms with Crippen LogP contribution >= 0.6 is 0 Å². The normalized spacial score (nSPS) is 10.1.